The second-order valence-electron chi connectivity index (χ2n) is 6.98. The topological polar surface area (TPSA) is 61.3 Å². The van der Waals surface area contributed by atoms with Crippen LogP contribution in [0.25, 0.3) is 0 Å². The van der Waals surface area contributed by atoms with E-state index in [0.717, 1.165) is 49.3 Å². The van der Waals surface area contributed by atoms with Crippen molar-refractivity contribution in [3.05, 3.63) is 30.5 Å². The first-order valence-corrected chi connectivity index (χ1v) is 8.38. The molecule has 2 fully saturated rings. The van der Waals surface area contributed by atoms with Crippen LogP contribution in [-0.4, -0.2) is 60.2 Å². The maximum Gasteiger partial charge on any atom is 0.134 e. The van der Waals surface area contributed by atoms with Gasteiger partial charge in [0.25, 0.3) is 0 Å². The van der Waals surface area contributed by atoms with Gasteiger partial charge in [-0.25, -0.2) is 19.9 Å². The van der Waals surface area contributed by atoms with Crippen LogP contribution in [0.5, 0.6) is 0 Å². The van der Waals surface area contributed by atoms with Gasteiger partial charge in [0.05, 0.1) is 0 Å². The first kappa shape index (κ1) is 15.1. The average Bonchev–Trinajstić information content (AvgIpc) is 3.14. The molecule has 2 unspecified atom stereocenters. The van der Waals surface area contributed by atoms with E-state index in [2.05, 4.69) is 41.9 Å². The summed E-state index contributed by atoms with van der Waals surface area (Å²) in [5.41, 5.74) is 1.02. The molecular formula is C17H23N7. The van der Waals surface area contributed by atoms with E-state index in [9.17, 15) is 0 Å². The third-order valence-corrected chi connectivity index (χ3v) is 5.02. The van der Waals surface area contributed by atoms with Crippen molar-refractivity contribution in [1.82, 2.24) is 19.9 Å². The minimum Gasteiger partial charge on any atom is -0.363 e. The Bertz CT molecular complexity index is 718. The molecule has 0 bridgehead atoms. The van der Waals surface area contributed by atoms with Gasteiger partial charge < -0.3 is 14.7 Å². The van der Waals surface area contributed by atoms with Gasteiger partial charge >= 0.3 is 0 Å². The van der Waals surface area contributed by atoms with E-state index in [4.69, 9.17) is 0 Å². The van der Waals surface area contributed by atoms with E-state index >= 15 is 0 Å². The fraction of sp³-hybridized carbons (Fsp3) is 0.529. The van der Waals surface area contributed by atoms with Gasteiger partial charge in [0.2, 0.25) is 0 Å². The molecule has 0 amide bonds. The molecule has 2 aromatic heterocycles. The molecule has 2 saturated heterocycles. The van der Waals surface area contributed by atoms with E-state index in [0.29, 0.717) is 11.8 Å². The molecule has 0 aromatic carbocycles. The van der Waals surface area contributed by atoms with Crippen LogP contribution < -0.4 is 14.7 Å². The number of fused-ring (bicyclic) bond motifs is 1. The van der Waals surface area contributed by atoms with Crippen molar-refractivity contribution in [2.45, 2.75) is 6.92 Å². The maximum atomic E-state index is 4.47. The Morgan fingerprint density at radius 1 is 0.833 bits per heavy atom. The van der Waals surface area contributed by atoms with Crippen LogP contribution in [0, 0.1) is 18.8 Å². The zero-order chi connectivity index (χ0) is 16.7. The van der Waals surface area contributed by atoms with Crippen LogP contribution in [0.1, 0.15) is 5.69 Å². The quantitative estimate of drug-likeness (QED) is 0.840. The lowest BCUT2D eigenvalue weighted by atomic mass is 10.0. The number of rotatable bonds is 3. The van der Waals surface area contributed by atoms with Gasteiger partial charge in [-0.3, -0.25) is 0 Å². The number of aryl methyl sites for hydroxylation is 1. The first-order valence-electron chi connectivity index (χ1n) is 8.38. The van der Waals surface area contributed by atoms with Crippen LogP contribution >= 0.6 is 0 Å². The highest BCUT2D eigenvalue weighted by Gasteiger charge is 2.41. The molecular weight excluding hydrogens is 302 g/mol. The molecule has 0 N–H and O–H groups in total. The molecule has 7 nitrogen and oxygen atoms in total. The van der Waals surface area contributed by atoms with Crippen LogP contribution in [-0.2, 0) is 0 Å². The monoisotopic (exact) mass is 325 g/mol. The van der Waals surface area contributed by atoms with Gasteiger partial charge in [0.15, 0.2) is 0 Å². The Hall–Kier alpha value is -2.44. The van der Waals surface area contributed by atoms with Crippen molar-refractivity contribution in [3.63, 3.8) is 0 Å². The Morgan fingerprint density at radius 3 is 1.92 bits per heavy atom. The second-order valence-corrected chi connectivity index (χ2v) is 6.98. The molecule has 0 aliphatic carbocycles. The predicted molar refractivity (Wildman–Crippen MR) is 94.5 cm³/mol. The van der Waals surface area contributed by atoms with Crippen molar-refractivity contribution in [1.29, 1.82) is 0 Å². The van der Waals surface area contributed by atoms with Gasteiger partial charge in [0, 0.05) is 69.9 Å². The molecule has 0 spiro atoms. The van der Waals surface area contributed by atoms with E-state index in [1.165, 1.54) is 0 Å². The molecule has 24 heavy (non-hydrogen) atoms. The fourth-order valence-electron chi connectivity index (χ4n) is 3.74. The molecule has 2 aliphatic rings. The zero-order valence-electron chi connectivity index (χ0n) is 14.4. The highest BCUT2D eigenvalue weighted by molar-refractivity contribution is 5.51. The number of hydrogen-bond acceptors (Lipinski definition) is 7. The molecule has 0 saturated carbocycles. The summed E-state index contributed by atoms with van der Waals surface area (Å²) in [6.07, 6.45) is 3.32. The van der Waals surface area contributed by atoms with Crippen LogP contribution in [0.4, 0.5) is 17.5 Å². The summed E-state index contributed by atoms with van der Waals surface area (Å²) in [5, 5.41) is 0. The highest BCUT2D eigenvalue weighted by atomic mass is 15.3. The summed E-state index contributed by atoms with van der Waals surface area (Å²) < 4.78 is 0. The van der Waals surface area contributed by atoms with Crippen LogP contribution in [0.15, 0.2) is 24.8 Å². The molecule has 2 atom stereocenters. The molecule has 4 heterocycles. The van der Waals surface area contributed by atoms with Crippen molar-refractivity contribution in [2.24, 2.45) is 11.8 Å². The lowest BCUT2D eigenvalue weighted by molar-refractivity contribution is 0.533. The minimum absolute atomic E-state index is 0.665. The molecule has 2 aromatic rings. The summed E-state index contributed by atoms with van der Waals surface area (Å²) >= 11 is 0. The fourth-order valence-corrected chi connectivity index (χ4v) is 3.74. The SMILES string of the molecule is Cc1cc(N2CC3CN(c4cc(N(C)C)ncn4)CC3C2)ncn1. The smallest absolute Gasteiger partial charge is 0.134 e. The lowest BCUT2D eigenvalue weighted by Crippen LogP contribution is -2.29. The van der Waals surface area contributed by atoms with E-state index in [-0.39, 0.29) is 0 Å². The van der Waals surface area contributed by atoms with E-state index in [1.54, 1.807) is 12.7 Å². The normalized spacial score (nSPS) is 22.8. The molecule has 4 rings (SSSR count). The minimum atomic E-state index is 0.665. The van der Waals surface area contributed by atoms with E-state index < -0.39 is 0 Å². The predicted octanol–water partition coefficient (Wildman–Crippen LogP) is 1.21. The van der Waals surface area contributed by atoms with Crippen molar-refractivity contribution in [2.75, 3.05) is 55.0 Å². The molecule has 126 valence electrons. The van der Waals surface area contributed by atoms with Gasteiger partial charge in [-0.05, 0) is 6.92 Å². The lowest BCUT2D eigenvalue weighted by Gasteiger charge is -2.23. The number of hydrogen-bond donors (Lipinski definition) is 0. The summed E-state index contributed by atoms with van der Waals surface area (Å²) in [4.78, 5) is 24.2. The van der Waals surface area contributed by atoms with Crippen molar-refractivity contribution < 1.29 is 0 Å². The Morgan fingerprint density at radius 2 is 1.38 bits per heavy atom. The Labute approximate surface area is 142 Å². The molecule has 0 radical (unpaired) electrons. The van der Waals surface area contributed by atoms with Crippen molar-refractivity contribution >= 4 is 17.5 Å². The number of aromatic nitrogens is 4. The Kier molecular flexibility index (Phi) is 3.70. The highest BCUT2D eigenvalue weighted by Crippen LogP contribution is 2.35. The summed E-state index contributed by atoms with van der Waals surface area (Å²) in [6, 6.07) is 4.15. The number of anilines is 3. The molecule has 7 heteroatoms. The third kappa shape index (κ3) is 2.74. The average molecular weight is 325 g/mol. The summed E-state index contributed by atoms with van der Waals surface area (Å²) in [7, 11) is 4.01. The third-order valence-electron chi connectivity index (χ3n) is 5.02. The largest absolute Gasteiger partial charge is 0.363 e. The van der Waals surface area contributed by atoms with Crippen LogP contribution in [0.3, 0.4) is 0 Å². The Balaban J connectivity index is 1.45. The number of nitrogens with zero attached hydrogens (tertiary/aromatic N) is 7. The van der Waals surface area contributed by atoms with Gasteiger partial charge in [-0.2, -0.15) is 0 Å². The summed E-state index contributed by atoms with van der Waals surface area (Å²) in [6.45, 7) is 6.23. The molecule has 2 aliphatic heterocycles. The zero-order valence-corrected chi connectivity index (χ0v) is 14.4. The maximum absolute atomic E-state index is 4.47. The van der Waals surface area contributed by atoms with E-state index in [1.807, 2.05) is 25.9 Å². The first-order chi connectivity index (χ1) is 11.6. The van der Waals surface area contributed by atoms with Crippen LogP contribution in [0.2, 0.25) is 0 Å². The van der Waals surface area contributed by atoms with Crippen molar-refractivity contribution in [3.8, 4) is 0 Å². The summed E-state index contributed by atoms with van der Waals surface area (Å²) in [5.74, 6) is 4.37. The second kappa shape index (κ2) is 5.89. The standard InChI is InChI=1S/C17H23N7/c1-12-4-16(20-10-18-12)23-6-13-8-24(9-14(13)7-23)17-5-15(22(2)3)19-11-21-17/h4-5,10-11,13-14H,6-9H2,1-3H3. The van der Waals surface area contributed by atoms with Gasteiger partial charge in [-0.15, -0.1) is 0 Å². The van der Waals surface area contributed by atoms with Gasteiger partial charge in [-0.1, -0.05) is 0 Å². The van der Waals surface area contributed by atoms with Gasteiger partial charge in [0.1, 0.15) is 30.1 Å².